The molecule has 4 aromatic carbocycles. The zero-order valence-corrected chi connectivity index (χ0v) is 45.8. The molecule has 20 heteroatoms. The Kier molecular flexibility index (Phi) is 21.4. The van der Waals surface area contributed by atoms with Crippen molar-refractivity contribution in [2.45, 2.75) is 96.9 Å². The van der Waals surface area contributed by atoms with Gasteiger partial charge in [0.2, 0.25) is 11.8 Å². The lowest BCUT2D eigenvalue weighted by Crippen LogP contribution is -2.67. The SMILES string of the molecule is C/C=C/C[C@H](NC(=O)OC(C)(C)C)C(=O)N(C(C(=O)NCCOC(=O)Oc1ccccc1)C(OC)OC)[C@@H](CO[Si](c1ccccc1)(c1ccccc1)C(C)(C)C)c1cc(OC)c(C)c(OC)c1OS(C)(=O)=O. The van der Waals surface area contributed by atoms with Crippen molar-refractivity contribution in [2.24, 2.45) is 0 Å². The van der Waals surface area contributed by atoms with E-state index in [1.165, 1.54) is 34.5 Å². The molecular weight excluding hydrogens is 979 g/mol. The lowest BCUT2D eigenvalue weighted by atomic mass is 9.97. The standard InChI is InChI=1S/C53H71N3O15SSi/c1-14-15-31-41(55-50(59)70-52(3,4)5)48(58)56(44(49(65-11)66-12)47(57)54-32-33-67-51(60)69-37-25-19-16-20-26-37)42(40-34-43(63-9)36(2)45(64-10)46(40)71-72(13,61)62)35-68-73(53(6,7)8,38-27-21-17-22-28-38)39-29-23-18-24-30-39/h14-30,34,41-42,44,49H,31-33,35H2,1-13H3,(H,54,57)(H,55,59)/b15-14+/t41-,42-,44?/m0/s1. The van der Waals surface area contributed by atoms with Gasteiger partial charge in [-0.15, -0.1) is 0 Å². The number of para-hydroxylation sites is 1. The highest BCUT2D eigenvalue weighted by Gasteiger charge is 2.52. The van der Waals surface area contributed by atoms with E-state index < -0.39 is 84.2 Å². The highest BCUT2D eigenvalue weighted by Crippen LogP contribution is 2.47. The van der Waals surface area contributed by atoms with Crippen LogP contribution in [-0.4, -0.2) is 124 Å². The van der Waals surface area contributed by atoms with Crippen LogP contribution in [0.3, 0.4) is 0 Å². The Balaban J connectivity index is 2.14. The number of hydrogen-bond acceptors (Lipinski definition) is 15. The molecule has 2 N–H and O–H groups in total. The third-order valence-electron chi connectivity index (χ3n) is 11.4. The number of ether oxygens (including phenoxy) is 7. The Bertz CT molecular complexity index is 2550. The molecule has 3 atom stereocenters. The minimum atomic E-state index is -4.39. The van der Waals surface area contributed by atoms with Gasteiger partial charge in [-0.3, -0.25) is 9.59 Å². The van der Waals surface area contributed by atoms with Crippen molar-refractivity contribution < 1.29 is 69.4 Å². The number of allylic oxidation sites excluding steroid dienone is 1. The first-order chi connectivity index (χ1) is 34.5. The number of carbonyl (C=O) groups excluding carboxylic acids is 4. The van der Waals surface area contributed by atoms with Crippen LogP contribution < -0.4 is 39.4 Å². The Morgan fingerprint density at radius 2 is 1.36 bits per heavy atom. The largest absolute Gasteiger partial charge is 0.513 e. The molecule has 0 aliphatic heterocycles. The molecule has 0 bridgehead atoms. The first kappa shape index (κ1) is 59.1. The van der Waals surface area contributed by atoms with Crippen molar-refractivity contribution in [3.05, 3.63) is 120 Å². The molecule has 0 spiro atoms. The van der Waals surface area contributed by atoms with Crippen molar-refractivity contribution in [1.82, 2.24) is 15.5 Å². The summed E-state index contributed by atoms with van der Waals surface area (Å²) in [4.78, 5) is 58.9. The third-order valence-corrected chi connectivity index (χ3v) is 16.9. The van der Waals surface area contributed by atoms with Gasteiger partial charge in [-0.25, -0.2) is 9.59 Å². The Morgan fingerprint density at radius 1 is 0.795 bits per heavy atom. The van der Waals surface area contributed by atoms with Gasteiger partial charge < -0.3 is 57.3 Å². The molecule has 4 aromatic rings. The topological polar surface area (TPSA) is 213 Å². The van der Waals surface area contributed by atoms with Crippen LogP contribution in [0.1, 0.15) is 72.1 Å². The number of alkyl carbamates (subject to hydrolysis) is 1. The summed E-state index contributed by atoms with van der Waals surface area (Å²) < 4.78 is 79.9. The molecule has 0 aliphatic carbocycles. The number of carbonyl (C=O) groups is 4. The second kappa shape index (κ2) is 26.5. The number of amides is 3. The summed E-state index contributed by atoms with van der Waals surface area (Å²) in [5.41, 5.74) is -0.707. The second-order valence-electron chi connectivity index (χ2n) is 18.8. The van der Waals surface area contributed by atoms with E-state index in [0.29, 0.717) is 5.56 Å². The summed E-state index contributed by atoms with van der Waals surface area (Å²) in [5, 5.41) is 6.49. The van der Waals surface area contributed by atoms with Gasteiger partial charge in [0.15, 0.2) is 23.8 Å². The molecule has 73 heavy (non-hydrogen) atoms. The predicted molar refractivity (Wildman–Crippen MR) is 279 cm³/mol. The molecule has 0 saturated carbocycles. The fraction of sp³-hybridized carbons (Fsp3) is 0.434. The van der Waals surface area contributed by atoms with E-state index in [4.69, 9.17) is 41.8 Å². The highest BCUT2D eigenvalue weighted by atomic mass is 32.2. The molecule has 4 rings (SSSR count). The average molecular weight is 1050 g/mol. The van der Waals surface area contributed by atoms with Gasteiger partial charge in [0.1, 0.15) is 29.7 Å². The van der Waals surface area contributed by atoms with Gasteiger partial charge in [0.25, 0.3) is 8.32 Å². The van der Waals surface area contributed by atoms with E-state index in [9.17, 15) is 18.0 Å². The van der Waals surface area contributed by atoms with Crippen LogP contribution in [-0.2, 0) is 43.1 Å². The summed E-state index contributed by atoms with van der Waals surface area (Å²) in [6.45, 7) is 13.3. The maximum atomic E-state index is 16.2. The number of methoxy groups -OCH3 is 4. The fourth-order valence-electron chi connectivity index (χ4n) is 8.33. The molecule has 398 valence electrons. The fourth-order valence-corrected chi connectivity index (χ4v) is 13.4. The summed E-state index contributed by atoms with van der Waals surface area (Å²) in [6.07, 6.45) is 0.473. The van der Waals surface area contributed by atoms with Crippen molar-refractivity contribution in [3.8, 4) is 23.0 Å². The van der Waals surface area contributed by atoms with Crippen LogP contribution in [0, 0.1) is 6.92 Å². The first-order valence-corrected chi connectivity index (χ1v) is 27.2. The van der Waals surface area contributed by atoms with E-state index in [0.717, 1.165) is 21.5 Å². The summed E-state index contributed by atoms with van der Waals surface area (Å²) in [7, 11) is -2.74. The number of benzene rings is 4. The van der Waals surface area contributed by atoms with E-state index >= 15 is 9.59 Å². The number of nitrogens with zero attached hydrogens (tertiary/aromatic N) is 1. The molecule has 0 fully saturated rings. The smallest absolute Gasteiger partial charge is 0.496 e. The highest BCUT2D eigenvalue weighted by molar-refractivity contribution is 7.86. The van der Waals surface area contributed by atoms with Crippen LogP contribution in [0.25, 0.3) is 0 Å². The maximum absolute atomic E-state index is 16.2. The first-order valence-electron chi connectivity index (χ1n) is 23.5. The molecule has 1 unspecified atom stereocenters. The van der Waals surface area contributed by atoms with Gasteiger partial charge in [-0.1, -0.05) is 112 Å². The molecule has 0 aromatic heterocycles. The Morgan fingerprint density at radius 3 is 1.84 bits per heavy atom. The summed E-state index contributed by atoms with van der Waals surface area (Å²) in [6, 6.07) is 24.1. The van der Waals surface area contributed by atoms with Crippen molar-refractivity contribution in [2.75, 3.05) is 54.5 Å². The van der Waals surface area contributed by atoms with Crippen molar-refractivity contribution >= 4 is 52.9 Å². The van der Waals surface area contributed by atoms with Crippen LogP contribution in [0.4, 0.5) is 9.59 Å². The summed E-state index contributed by atoms with van der Waals surface area (Å²) in [5.74, 6) is -1.80. The minimum absolute atomic E-state index is 0.0474. The van der Waals surface area contributed by atoms with E-state index in [-0.39, 0.29) is 48.1 Å². The van der Waals surface area contributed by atoms with Crippen LogP contribution in [0.2, 0.25) is 5.04 Å². The second-order valence-corrected chi connectivity index (χ2v) is 24.7. The molecule has 0 aliphatic rings. The Labute approximate surface area is 430 Å². The molecular formula is C53H71N3O15SSi. The minimum Gasteiger partial charge on any atom is -0.496 e. The van der Waals surface area contributed by atoms with Crippen LogP contribution in [0.5, 0.6) is 23.0 Å². The number of nitrogens with one attached hydrogen (secondary N) is 2. The normalized spacial score (nSPS) is 13.3. The average Bonchev–Trinajstić information content (AvgIpc) is 3.33. The lowest BCUT2D eigenvalue weighted by Gasteiger charge is -2.46. The van der Waals surface area contributed by atoms with Gasteiger partial charge in [-0.2, -0.15) is 8.42 Å². The molecule has 3 amide bonds. The van der Waals surface area contributed by atoms with Crippen LogP contribution in [0.15, 0.2) is 109 Å². The van der Waals surface area contributed by atoms with E-state index in [1.807, 2.05) is 81.4 Å². The van der Waals surface area contributed by atoms with Gasteiger partial charge >= 0.3 is 22.4 Å². The molecule has 0 heterocycles. The van der Waals surface area contributed by atoms with Crippen molar-refractivity contribution in [3.63, 3.8) is 0 Å². The quantitative estimate of drug-likeness (QED) is 0.0138. The molecule has 0 radical (unpaired) electrons. The molecule has 18 nitrogen and oxygen atoms in total. The van der Waals surface area contributed by atoms with E-state index in [2.05, 4.69) is 10.6 Å². The predicted octanol–water partition coefficient (Wildman–Crippen LogP) is 6.98. The third kappa shape index (κ3) is 15.8. The monoisotopic (exact) mass is 1050 g/mol. The molecule has 0 saturated heterocycles. The van der Waals surface area contributed by atoms with Crippen LogP contribution >= 0.6 is 0 Å². The number of rotatable bonds is 24. The zero-order valence-electron chi connectivity index (χ0n) is 44.0. The number of hydrogen-bond donors (Lipinski definition) is 2. The Hall–Kier alpha value is -6.45. The summed E-state index contributed by atoms with van der Waals surface area (Å²) >= 11 is 0. The van der Waals surface area contributed by atoms with E-state index in [1.54, 1.807) is 77.1 Å². The zero-order chi connectivity index (χ0) is 54.1. The van der Waals surface area contributed by atoms with Gasteiger partial charge in [0, 0.05) is 25.3 Å². The maximum Gasteiger partial charge on any atom is 0.513 e. The van der Waals surface area contributed by atoms with Crippen molar-refractivity contribution in [1.29, 1.82) is 0 Å². The lowest BCUT2D eigenvalue weighted by molar-refractivity contribution is -0.178. The van der Waals surface area contributed by atoms with Gasteiger partial charge in [0.05, 0.1) is 39.7 Å². The van der Waals surface area contributed by atoms with Gasteiger partial charge in [-0.05, 0) is 74.7 Å².